The molecule has 1 aromatic rings. The smallest absolute Gasteiger partial charge is 0.310 e. The Morgan fingerprint density at radius 1 is 1.36 bits per heavy atom. The fourth-order valence-electron chi connectivity index (χ4n) is 2.27. The van der Waals surface area contributed by atoms with Crippen molar-refractivity contribution < 1.29 is 14.3 Å². The lowest BCUT2D eigenvalue weighted by Gasteiger charge is -2.25. The van der Waals surface area contributed by atoms with Crippen LogP contribution in [0.5, 0.6) is 0 Å². The van der Waals surface area contributed by atoms with Gasteiger partial charge in [-0.1, -0.05) is 20.3 Å². The van der Waals surface area contributed by atoms with Crippen molar-refractivity contribution in [2.45, 2.75) is 46.1 Å². The van der Waals surface area contributed by atoms with Crippen LogP contribution in [0.25, 0.3) is 0 Å². The second-order valence-electron chi connectivity index (χ2n) is 5.52. The van der Waals surface area contributed by atoms with Crippen LogP contribution in [0.2, 0.25) is 0 Å². The van der Waals surface area contributed by atoms with E-state index in [0.29, 0.717) is 19.5 Å². The van der Waals surface area contributed by atoms with Crippen LogP contribution in [0.4, 0.5) is 0 Å². The van der Waals surface area contributed by atoms with Crippen molar-refractivity contribution in [1.82, 2.24) is 14.5 Å². The fraction of sp³-hybridized carbons (Fsp3) is 0.688. The number of hydrogen-bond donors (Lipinski definition) is 0. The number of carbonyl (C=O) groups excluding carboxylic acids is 2. The number of imidazole rings is 1. The molecule has 0 radical (unpaired) electrons. The Morgan fingerprint density at radius 3 is 2.73 bits per heavy atom. The summed E-state index contributed by atoms with van der Waals surface area (Å²) in [6, 6.07) is 0. The third-order valence-corrected chi connectivity index (χ3v) is 3.60. The van der Waals surface area contributed by atoms with Crippen LogP contribution < -0.4 is 0 Å². The van der Waals surface area contributed by atoms with Gasteiger partial charge in [-0.2, -0.15) is 0 Å². The largest absolute Gasteiger partial charge is 0.469 e. The Hall–Kier alpha value is -1.85. The van der Waals surface area contributed by atoms with Crippen molar-refractivity contribution in [3.8, 4) is 0 Å². The molecule has 0 bridgehead atoms. The SMILES string of the molecule is CCCCC(=O)N(CCCn1ccnc1)CC(C)C(=O)OC. The summed E-state index contributed by atoms with van der Waals surface area (Å²) in [5.41, 5.74) is 0. The van der Waals surface area contributed by atoms with Crippen LogP contribution in [0, 0.1) is 5.92 Å². The van der Waals surface area contributed by atoms with E-state index in [-0.39, 0.29) is 17.8 Å². The minimum atomic E-state index is -0.302. The van der Waals surface area contributed by atoms with Gasteiger partial charge in [0, 0.05) is 38.4 Å². The minimum Gasteiger partial charge on any atom is -0.469 e. The molecule has 1 aromatic heterocycles. The van der Waals surface area contributed by atoms with Gasteiger partial charge in [-0.25, -0.2) is 4.98 Å². The number of hydrogen-bond acceptors (Lipinski definition) is 4. The van der Waals surface area contributed by atoms with E-state index in [1.165, 1.54) is 7.11 Å². The van der Waals surface area contributed by atoms with Gasteiger partial charge in [-0.05, 0) is 12.8 Å². The van der Waals surface area contributed by atoms with Gasteiger partial charge < -0.3 is 14.2 Å². The third kappa shape index (κ3) is 6.28. The summed E-state index contributed by atoms with van der Waals surface area (Å²) >= 11 is 0. The van der Waals surface area contributed by atoms with Gasteiger partial charge in [0.2, 0.25) is 5.91 Å². The number of aromatic nitrogens is 2. The third-order valence-electron chi connectivity index (χ3n) is 3.60. The first-order valence-electron chi connectivity index (χ1n) is 7.89. The standard InChI is InChI=1S/C16H27N3O3/c1-4-5-7-15(20)19(12-14(2)16(21)22-3)10-6-9-18-11-8-17-13-18/h8,11,13-14H,4-7,9-10,12H2,1-3H3. The van der Waals surface area contributed by atoms with E-state index < -0.39 is 0 Å². The average Bonchev–Trinajstić information content (AvgIpc) is 3.03. The summed E-state index contributed by atoms with van der Waals surface area (Å²) in [6.07, 6.45) is 8.65. The maximum Gasteiger partial charge on any atom is 0.310 e. The predicted octanol–water partition coefficient (Wildman–Crippen LogP) is 2.10. The molecule has 1 heterocycles. The second-order valence-corrected chi connectivity index (χ2v) is 5.52. The first kappa shape index (κ1) is 18.2. The lowest BCUT2D eigenvalue weighted by Crippen LogP contribution is -2.38. The Balaban J connectivity index is 2.52. The fourth-order valence-corrected chi connectivity index (χ4v) is 2.27. The summed E-state index contributed by atoms with van der Waals surface area (Å²) in [7, 11) is 1.38. The van der Waals surface area contributed by atoms with E-state index in [9.17, 15) is 9.59 Å². The molecule has 1 atom stereocenters. The van der Waals surface area contributed by atoms with Crippen LogP contribution in [0.3, 0.4) is 0 Å². The molecule has 22 heavy (non-hydrogen) atoms. The maximum atomic E-state index is 12.3. The molecule has 0 aromatic carbocycles. The van der Waals surface area contributed by atoms with Gasteiger partial charge in [-0.15, -0.1) is 0 Å². The number of methoxy groups -OCH3 is 1. The van der Waals surface area contributed by atoms with Crippen molar-refractivity contribution in [3.63, 3.8) is 0 Å². The molecule has 6 nitrogen and oxygen atoms in total. The summed E-state index contributed by atoms with van der Waals surface area (Å²) in [5, 5.41) is 0. The highest BCUT2D eigenvalue weighted by Crippen LogP contribution is 2.08. The van der Waals surface area contributed by atoms with Gasteiger partial charge in [0.05, 0.1) is 19.4 Å². The van der Waals surface area contributed by atoms with Crippen molar-refractivity contribution >= 4 is 11.9 Å². The van der Waals surface area contributed by atoms with Crippen molar-refractivity contribution in [2.24, 2.45) is 5.92 Å². The van der Waals surface area contributed by atoms with Crippen LogP contribution in [-0.4, -0.2) is 46.5 Å². The zero-order valence-corrected chi connectivity index (χ0v) is 13.8. The average molecular weight is 309 g/mol. The highest BCUT2D eigenvalue weighted by atomic mass is 16.5. The molecular formula is C16H27N3O3. The van der Waals surface area contributed by atoms with Gasteiger partial charge in [0.1, 0.15) is 0 Å². The first-order chi connectivity index (χ1) is 10.6. The Bertz CT molecular complexity index is 445. The topological polar surface area (TPSA) is 64.4 Å². The van der Waals surface area contributed by atoms with Gasteiger partial charge in [-0.3, -0.25) is 9.59 Å². The van der Waals surface area contributed by atoms with E-state index in [1.54, 1.807) is 24.3 Å². The Labute approximate surface area is 132 Å². The number of carbonyl (C=O) groups is 2. The van der Waals surface area contributed by atoms with Crippen molar-refractivity contribution in [3.05, 3.63) is 18.7 Å². The van der Waals surface area contributed by atoms with Crippen LogP contribution in [0.15, 0.2) is 18.7 Å². The van der Waals surface area contributed by atoms with Crippen LogP contribution >= 0.6 is 0 Å². The zero-order chi connectivity index (χ0) is 16.4. The normalized spacial score (nSPS) is 12.0. The lowest BCUT2D eigenvalue weighted by atomic mass is 10.1. The minimum absolute atomic E-state index is 0.114. The molecule has 0 saturated heterocycles. The number of nitrogens with zero attached hydrogens (tertiary/aromatic N) is 3. The molecule has 0 aliphatic rings. The predicted molar refractivity (Wildman–Crippen MR) is 84.1 cm³/mol. The molecule has 0 aliphatic heterocycles. The summed E-state index contributed by atoms with van der Waals surface area (Å²) < 4.78 is 6.73. The number of esters is 1. The van der Waals surface area contributed by atoms with Gasteiger partial charge >= 0.3 is 5.97 Å². The molecular weight excluding hydrogens is 282 g/mol. The summed E-state index contributed by atoms with van der Waals surface area (Å²) in [6.45, 7) is 5.72. The monoisotopic (exact) mass is 309 g/mol. The highest BCUT2D eigenvalue weighted by molar-refractivity contribution is 5.77. The van der Waals surface area contributed by atoms with E-state index in [0.717, 1.165) is 25.8 Å². The van der Waals surface area contributed by atoms with Gasteiger partial charge in [0.15, 0.2) is 0 Å². The number of unbranched alkanes of at least 4 members (excludes halogenated alkanes) is 1. The first-order valence-corrected chi connectivity index (χ1v) is 7.89. The number of ether oxygens (including phenoxy) is 1. The summed E-state index contributed by atoms with van der Waals surface area (Å²) in [4.78, 5) is 29.7. The number of amides is 1. The van der Waals surface area contributed by atoms with Crippen molar-refractivity contribution in [2.75, 3.05) is 20.2 Å². The second kappa shape index (κ2) is 9.97. The zero-order valence-electron chi connectivity index (χ0n) is 13.8. The molecule has 1 unspecified atom stereocenters. The van der Waals surface area contributed by atoms with E-state index >= 15 is 0 Å². The molecule has 124 valence electrons. The molecule has 0 saturated carbocycles. The lowest BCUT2D eigenvalue weighted by molar-refractivity contribution is -0.146. The Morgan fingerprint density at radius 2 is 2.14 bits per heavy atom. The van der Waals surface area contributed by atoms with Gasteiger partial charge in [0.25, 0.3) is 0 Å². The van der Waals surface area contributed by atoms with Crippen LogP contribution in [-0.2, 0) is 20.9 Å². The van der Waals surface area contributed by atoms with E-state index in [4.69, 9.17) is 4.74 Å². The van der Waals surface area contributed by atoms with Crippen molar-refractivity contribution in [1.29, 1.82) is 0 Å². The summed E-state index contributed by atoms with van der Waals surface area (Å²) in [5.74, 6) is -0.463. The quantitative estimate of drug-likeness (QED) is 0.621. The molecule has 1 rings (SSSR count). The molecule has 6 heteroatoms. The number of aryl methyl sites for hydroxylation is 1. The number of rotatable bonds is 10. The molecule has 0 fully saturated rings. The molecule has 0 aliphatic carbocycles. The van der Waals surface area contributed by atoms with E-state index in [2.05, 4.69) is 11.9 Å². The highest BCUT2D eigenvalue weighted by Gasteiger charge is 2.20. The maximum absolute atomic E-state index is 12.3. The molecule has 0 N–H and O–H groups in total. The van der Waals surface area contributed by atoms with Crippen LogP contribution in [0.1, 0.15) is 39.5 Å². The Kier molecular flexibility index (Phi) is 8.25. The molecule has 1 amide bonds. The molecule has 0 spiro atoms. The van der Waals surface area contributed by atoms with E-state index in [1.807, 2.05) is 10.8 Å².